The Hall–Kier alpha value is -2.70. The summed E-state index contributed by atoms with van der Waals surface area (Å²) in [5.74, 6) is -0.448. The summed E-state index contributed by atoms with van der Waals surface area (Å²) in [7, 11) is 1.88. The molecule has 0 saturated carbocycles. The topological polar surface area (TPSA) is 69.4 Å². The number of aromatic nitrogens is 4. The van der Waals surface area contributed by atoms with Gasteiger partial charge >= 0.3 is 5.97 Å². The first-order valence-corrected chi connectivity index (χ1v) is 6.65. The molecule has 0 amide bonds. The molecule has 0 N–H and O–H groups in total. The fourth-order valence-corrected chi connectivity index (χ4v) is 2.10. The zero-order chi connectivity index (χ0) is 14.8. The number of pyridine rings is 1. The second-order valence-corrected chi connectivity index (χ2v) is 4.52. The first-order chi connectivity index (χ1) is 10.2. The lowest BCUT2D eigenvalue weighted by Crippen LogP contribution is -2.10. The molecule has 3 heterocycles. The number of carbonyl (C=O) groups excluding carboxylic acids is 1. The van der Waals surface area contributed by atoms with E-state index in [1.165, 1.54) is 0 Å². The molecule has 6 nitrogen and oxygen atoms in total. The van der Waals surface area contributed by atoms with Crippen LogP contribution in [0.4, 0.5) is 0 Å². The fraction of sp³-hybridized carbons (Fsp3) is 0.143. The van der Waals surface area contributed by atoms with Crippen LogP contribution in [0.2, 0.25) is 0 Å². The molecule has 0 aromatic carbocycles. The van der Waals surface area contributed by atoms with Crippen molar-refractivity contribution in [3.63, 3.8) is 0 Å². The predicted octanol–water partition coefficient (Wildman–Crippen LogP) is 0.226. The molecule has 0 radical (unpaired) electrons. The van der Waals surface area contributed by atoms with E-state index in [4.69, 9.17) is 4.74 Å². The molecular weight excluding hydrogens is 267 g/mol. The van der Waals surface area contributed by atoms with Crippen LogP contribution in [0.15, 0.2) is 36.5 Å². The Kier molecular flexibility index (Phi) is 3.39. The third kappa shape index (κ3) is 2.50. The summed E-state index contributed by atoms with van der Waals surface area (Å²) >= 11 is 0. The lowest BCUT2D eigenvalue weighted by molar-refractivity contribution is 0.0519. The van der Waals surface area contributed by atoms with E-state index in [-0.39, 0.29) is 5.69 Å². The van der Waals surface area contributed by atoms with Gasteiger partial charge in [-0.3, -0.25) is 4.98 Å². The van der Waals surface area contributed by atoms with Gasteiger partial charge in [0.15, 0.2) is 19.2 Å². The molecule has 0 spiro atoms. The maximum atomic E-state index is 11.9. The minimum atomic E-state index is -0.448. The van der Waals surface area contributed by atoms with E-state index >= 15 is 0 Å². The Morgan fingerprint density at radius 1 is 1.38 bits per heavy atom. The van der Waals surface area contributed by atoms with Crippen molar-refractivity contribution in [2.45, 2.75) is 6.92 Å². The molecule has 0 bridgehead atoms. The van der Waals surface area contributed by atoms with Crippen LogP contribution in [0.1, 0.15) is 17.4 Å². The molecule has 0 saturated heterocycles. The maximum absolute atomic E-state index is 11.9. The third-order valence-corrected chi connectivity index (χ3v) is 2.96. The van der Waals surface area contributed by atoms with Crippen LogP contribution in [0, 0.1) is 0 Å². The molecule has 0 aliphatic carbocycles. The number of rotatable bonds is 3. The average molecular weight is 280 g/mol. The third-order valence-electron chi connectivity index (χ3n) is 2.96. The van der Waals surface area contributed by atoms with Gasteiger partial charge in [0.25, 0.3) is 0 Å². The summed E-state index contributed by atoms with van der Waals surface area (Å²) in [6.45, 7) is 2.07. The highest BCUT2D eigenvalue weighted by molar-refractivity contribution is 6.31. The van der Waals surface area contributed by atoms with Gasteiger partial charge in [0, 0.05) is 11.8 Å². The van der Waals surface area contributed by atoms with Crippen molar-refractivity contribution in [3.05, 3.63) is 42.2 Å². The van der Waals surface area contributed by atoms with E-state index in [2.05, 4.69) is 15.1 Å². The number of carbonyl (C=O) groups is 1. The van der Waals surface area contributed by atoms with E-state index in [9.17, 15) is 4.79 Å². The quantitative estimate of drug-likeness (QED) is 0.507. The van der Waals surface area contributed by atoms with Crippen molar-refractivity contribution in [3.8, 4) is 11.4 Å². The summed E-state index contributed by atoms with van der Waals surface area (Å²) in [5.41, 5.74) is 3.10. The van der Waals surface area contributed by atoms with Gasteiger partial charge in [-0.2, -0.15) is 5.10 Å². The molecule has 3 aromatic rings. The van der Waals surface area contributed by atoms with Crippen molar-refractivity contribution in [2.24, 2.45) is 0 Å². The van der Waals surface area contributed by atoms with Gasteiger partial charge in [-0.05, 0) is 31.2 Å². The Morgan fingerprint density at radius 2 is 2.24 bits per heavy atom. The van der Waals surface area contributed by atoms with Crippen LogP contribution in [-0.4, -0.2) is 40.0 Å². The molecule has 21 heavy (non-hydrogen) atoms. The first-order valence-electron chi connectivity index (χ1n) is 6.65. The van der Waals surface area contributed by atoms with Crippen LogP contribution >= 0.6 is 0 Å². The maximum Gasteiger partial charge on any atom is 0.357 e. The number of ether oxygens (including phenoxy) is 1. The fourth-order valence-electron chi connectivity index (χ4n) is 2.10. The second-order valence-electron chi connectivity index (χ2n) is 4.52. The van der Waals surface area contributed by atoms with Gasteiger partial charge in [-0.15, -0.1) is 0 Å². The van der Waals surface area contributed by atoms with Gasteiger partial charge in [0.2, 0.25) is 0 Å². The molecular formula is C14H13BN4O2. The SMILES string of the molecule is Bc1cc2nc(C(=O)OCC)cc(-c3ccccn3)n2n1. The van der Waals surface area contributed by atoms with Gasteiger partial charge in [-0.1, -0.05) is 6.07 Å². The Bertz CT molecular complexity index is 801. The van der Waals surface area contributed by atoms with Gasteiger partial charge in [0.1, 0.15) is 0 Å². The van der Waals surface area contributed by atoms with E-state index in [0.717, 1.165) is 11.3 Å². The van der Waals surface area contributed by atoms with Crippen LogP contribution in [-0.2, 0) is 4.74 Å². The van der Waals surface area contributed by atoms with Crippen molar-refractivity contribution in [1.29, 1.82) is 0 Å². The molecule has 104 valence electrons. The second kappa shape index (κ2) is 5.36. The van der Waals surface area contributed by atoms with Gasteiger partial charge in [-0.25, -0.2) is 14.3 Å². The molecule has 7 heteroatoms. The lowest BCUT2D eigenvalue weighted by atomic mass is 10.1. The highest BCUT2D eigenvalue weighted by Crippen LogP contribution is 2.18. The summed E-state index contributed by atoms with van der Waals surface area (Å²) in [5, 5.41) is 4.40. The predicted molar refractivity (Wildman–Crippen MR) is 80.4 cm³/mol. The molecule has 0 fully saturated rings. The number of esters is 1. The number of nitrogens with zero attached hydrogens (tertiary/aromatic N) is 4. The van der Waals surface area contributed by atoms with Crippen LogP contribution < -0.4 is 5.59 Å². The molecule has 0 unspecified atom stereocenters. The normalized spacial score (nSPS) is 10.7. The molecule has 3 rings (SSSR count). The molecule has 3 aromatic heterocycles. The van der Waals surface area contributed by atoms with E-state index < -0.39 is 5.97 Å². The number of hydrogen-bond donors (Lipinski definition) is 0. The zero-order valence-corrected chi connectivity index (χ0v) is 11.8. The first kappa shape index (κ1) is 13.3. The smallest absolute Gasteiger partial charge is 0.357 e. The average Bonchev–Trinajstić information content (AvgIpc) is 2.87. The number of hydrogen-bond acceptors (Lipinski definition) is 5. The van der Waals surface area contributed by atoms with Crippen molar-refractivity contribution in [2.75, 3.05) is 6.61 Å². The number of fused-ring (bicyclic) bond motifs is 1. The highest BCUT2D eigenvalue weighted by Gasteiger charge is 2.15. The van der Waals surface area contributed by atoms with Gasteiger partial charge in [0.05, 0.1) is 18.0 Å². The summed E-state index contributed by atoms with van der Waals surface area (Å²) in [6.07, 6.45) is 1.70. The van der Waals surface area contributed by atoms with Crippen LogP contribution in [0.5, 0.6) is 0 Å². The summed E-state index contributed by atoms with van der Waals surface area (Å²) in [6, 6.07) is 9.05. The van der Waals surface area contributed by atoms with E-state index in [0.29, 0.717) is 17.9 Å². The Morgan fingerprint density at radius 3 is 2.95 bits per heavy atom. The minimum Gasteiger partial charge on any atom is -0.461 e. The molecule has 0 aliphatic rings. The Balaban J connectivity index is 2.23. The lowest BCUT2D eigenvalue weighted by Gasteiger charge is -2.07. The van der Waals surface area contributed by atoms with Crippen molar-refractivity contribution >= 4 is 25.1 Å². The van der Waals surface area contributed by atoms with Crippen LogP contribution in [0.25, 0.3) is 17.0 Å². The largest absolute Gasteiger partial charge is 0.461 e. The monoisotopic (exact) mass is 280 g/mol. The van der Waals surface area contributed by atoms with Gasteiger partial charge < -0.3 is 4.74 Å². The minimum absolute atomic E-state index is 0.255. The highest BCUT2D eigenvalue weighted by atomic mass is 16.5. The van der Waals surface area contributed by atoms with E-state index in [1.807, 2.05) is 32.1 Å². The zero-order valence-electron chi connectivity index (χ0n) is 11.8. The molecule has 0 atom stereocenters. The van der Waals surface area contributed by atoms with E-state index in [1.54, 1.807) is 23.7 Å². The van der Waals surface area contributed by atoms with Crippen LogP contribution in [0.3, 0.4) is 0 Å². The van der Waals surface area contributed by atoms with Crippen molar-refractivity contribution < 1.29 is 9.53 Å². The molecule has 0 aliphatic heterocycles. The summed E-state index contributed by atoms with van der Waals surface area (Å²) < 4.78 is 6.70. The van der Waals surface area contributed by atoms with Crippen molar-refractivity contribution in [1.82, 2.24) is 19.6 Å². The Labute approximate surface area is 122 Å². The summed E-state index contributed by atoms with van der Waals surface area (Å²) in [4.78, 5) is 20.6. The standard InChI is InChI=1S/C14H13BN4O2/c1-2-21-14(20)10-7-11(9-5-3-4-6-16-9)19-13(17-10)8-12(15)18-19/h3-8H,2,15H2,1H3.